The zero-order chi connectivity index (χ0) is 18.8. The van der Waals surface area contributed by atoms with E-state index in [9.17, 15) is 4.79 Å². The summed E-state index contributed by atoms with van der Waals surface area (Å²) >= 11 is 0. The van der Waals surface area contributed by atoms with E-state index in [0.717, 1.165) is 22.4 Å². The largest absolute Gasteiger partial charge is 0.496 e. The van der Waals surface area contributed by atoms with E-state index in [1.54, 1.807) is 11.6 Å². The van der Waals surface area contributed by atoms with E-state index in [-0.39, 0.29) is 0 Å². The highest BCUT2D eigenvalue weighted by Gasteiger charge is 2.19. The van der Waals surface area contributed by atoms with Gasteiger partial charge in [0.25, 0.3) is 5.91 Å². The number of hydrogen-bond donors (Lipinski definition) is 1. The monoisotopic (exact) mass is 357 g/mol. The molecule has 0 aliphatic heterocycles. The van der Waals surface area contributed by atoms with Crippen molar-refractivity contribution in [2.75, 3.05) is 7.11 Å². The standard InChI is InChI=1S/C22H19N3O2/c1-27-19-10-6-5-9-17(19)13-15-11-12-18-20(22(23)26)21(24-25(18)14-15)16-7-3-2-4-8-16/h2-12,14H,13H2,1H3,(H2,23,26). The number of nitrogens with two attached hydrogens (primary N) is 1. The van der Waals surface area contributed by atoms with Gasteiger partial charge in [-0.15, -0.1) is 0 Å². The summed E-state index contributed by atoms with van der Waals surface area (Å²) in [5.74, 6) is 0.363. The van der Waals surface area contributed by atoms with Crippen LogP contribution < -0.4 is 10.5 Å². The van der Waals surface area contributed by atoms with Gasteiger partial charge in [-0.2, -0.15) is 5.10 Å². The molecule has 0 spiro atoms. The van der Waals surface area contributed by atoms with Crippen LogP contribution in [0.15, 0.2) is 72.9 Å². The van der Waals surface area contributed by atoms with Gasteiger partial charge in [-0.3, -0.25) is 4.79 Å². The van der Waals surface area contributed by atoms with Gasteiger partial charge in [0.05, 0.1) is 18.2 Å². The van der Waals surface area contributed by atoms with Crippen LogP contribution in [-0.2, 0) is 6.42 Å². The quantitative estimate of drug-likeness (QED) is 0.592. The number of fused-ring (bicyclic) bond motifs is 1. The fraction of sp³-hybridized carbons (Fsp3) is 0.0909. The second-order valence-corrected chi connectivity index (χ2v) is 6.31. The smallest absolute Gasteiger partial charge is 0.253 e. The number of ether oxygens (including phenoxy) is 1. The summed E-state index contributed by atoms with van der Waals surface area (Å²) in [7, 11) is 1.67. The highest BCUT2D eigenvalue weighted by Crippen LogP contribution is 2.27. The molecular formula is C22H19N3O2. The maximum atomic E-state index is 12.1. The molecule has 1 amide bonds. The maximum absolute atomic E-state index is 12.1. The Hall–Kier alpha value is -3.60. The van der Waals surface area contributed by atoms with Crippen molar-refractivity contribution < 1.29 is 9.53 Å². The fourth-order valence-corrected chi connectivity index (χ4v) is 3.31. The minimum Gasteiger partial charge on any atom is -0.496 e. The fourth-order valence-electron chi connectivity index (χ4n) is 3.31. The van der Waals surface area contributed by atoms with Crippen molar-refractivity contribution >= 4 is 11.4 Å². The van der Waals surface area contributed by atoms with Crippen molar-refractivity contribution in [3.05, 3.63) is 89.6 Å². The molecular weight excluding hydrogens is 338 g/mol. The molecule has 27 heavy (non-hydrogen) atoms. The van der Waals surface area contributed by atoms with Gasteiger partial charge in [0.15, 0.2) is 0 Å². The molecule has 134 valence electrons. The van der Waals surface area contributed by atoms with E-state index in [1.807, 2.05) is 72.9 Å². The molecule has 4 aromatic rings. The molecule has 0 aliphatic rings. The first-order valence-corrected chi connectivity index (χ1v) is 8.66. The van der Waals surface area contributed by atoms with Crippen LogP contribution in [0.5, 0.6) is 5.75 Å². The second kappa shape index (κ2) is 6.96. The van der Waals surface area contributed by atoms with E-state index in [0.29, 0.717) is 23.2 Å². The van der Waals surface area contributed by atoms with E-state index < -0.39 is 5.91 Å². The number of amides is 1. The van der Waals surface area contributed by atoms with Crippen molar-refractivity contribution in [1.29, 1.82) is 0 Å². The van der Waals surface area contributed by atoms with E-state index in [4.69, 9.17) is 10.5 Å². The highest BCUT2D eigenvalue weighted by atomic mass is 16.5. The molecule has 2 aromatic carbocycles. The second-order valence-electron chi connectivity index (χ2n) is 6.31. The van der Waals surface area contributed by atoms with E-state index in [2.05, 4.69) is 5.10 Å². The summed E-state index contributed by atoms with van der Waals surface area (Å²) in [6.07, 6.45) is 2.63. The SMILES string of the molecule is COc1ccccc1Cc1ccc2c(C(N)=O)c(-c3ccccc3)nn2c1. The lowest BCUT2D eigenvalue weighted by Gasteiger charge is -2.08. The molecule has 0 fully saturated rings. The predicted octanol–water partition coefficient (Wildman–Crippen LogP) is 3.70. The average Bonchev–Trinajstić information content (AvgIpc) is 3.08. The number of methoxy groups -OCH3 is 1. The first kappa shape index (κ1) is 16.8. The van der Waals surface area contributed by atoms with Crippen molar-refractivity contribution in [2.24, 2.45) is 5.73 Å². The van der Waals surface area contributed by atoms with Crippen LogP contribution >= 0.6 is 0 Å². The third-order valence-electron chi connectivity index (χ3n) is 4.57. The van der Waals surface area contributed by atoms with Gasteiger partial charge >= 0.3 is 0 Å². The van der Waals surface area contributed by atoms with Crippen LogP contribution in [0.4, 0.5) is 0 Å². The minimum absolute atomic E-state index is 0.435. The molecule has 5 nitrogen and oxygen atoms in total. The molecule has 2 heterocycles. The van der Waals surface area contributed by atoms with Crippen LogP contribution in [0.2, 0.25) is 0 Å². The van der Waals surface area contributed by atoms with Crippen molar-refractivity contribution in [3.8, 4) is 17.0 Å². The molecule has 0 saturated carbocycles. The van der Waals surface area contributed by atoms with Gasteiger partial charge in [0, 0.05) is 18.2 Å². The van der Waals surface area contributed by atoms with Crippen molar-refractivity contribution in [1.82, 2.24) is 9.61 Å². The zero-order valence-electron chi connectivity index (χ0n) is 14.9. The Morgan fingerprint density at radius 3 is 2.52 bits per heavy atom. The van der Waals surface area contributed by atoms with Crippen molar-refractivity contribution in [2.45, 2.75) is 6.42 Å². The third-order valence-corrected chi connectivity index (χ3v) is 4.57. The maximum Gasteiger partial charge on any atom is 0.253 e. The highest BCUT2D eigenvalue weighted by molar-refractivity contribution is 6.05. The molecule has 4 rings (SSSR count). The Kier molecular flexibility index (Phi) is 4.34. The van der Waals surface area contributed by atoms with Crippen molar-refractivity contribution in [3.63, 3.8) is 0 Å². The molecule has 5 heteroatoms. The molecule has 0 radical (unpaired) electrons. The number of pyridine rings is 1. The van der Waals surface area contributed by atoms with Crippen LogP contribution in [0.1, 0.15) is 21.5 Å². The minimum atomic E-state index is -0.485. The summed E-state index contributed by atoms with van der Waals surface area (Å²) in [5, 5.41) is 4.63. The number of carbonyl (C=O) groups is 1. The average molecular weight is 357 g/mol. The molecule has 0 atom stereocenters. The van der Waals surface area contributed by atoms with Gasteiger partial charge in [-0.25, -0.2) is 4.52 Å². The lowest BCUT2D eigenvalue weighted by atomic mass is 10.0. The number of rotatable bonds is 5. The lowest BCUT2D eigenvalue weighted by molar-refractivity contribution is 0.100. The molecule has 0 bridgehead atoms. The molecule has 0 saturated heterocycles. The van der Waals surface area contributed by atoms with E-state index in [1.165, 1.54) is 0 Å². The first-order chi connectivity index (χ1) is 13.2. The number of aromatic nitrogens is 2. The zero-order valence-corrected chi connectivity index (χ0v) is 14.9. The summed E-state index contributed by atoms with van der Waals surface area (Å²) in [5.41, 5.74) is 10.4. The number of nitrogens with zero attached hydrogens (tertiary/aromatic N) is 2. The normalized spacial score (nSPS) is 10.9. The summed E-state index contributed by atoms with van der Waals surface area (Å²) in [6.45, 7) is 0. The molecule has 2 N–H and O–H groups in total. The predicted molar refractivity (Wildman–Crippen MR) is 105 cm³/mol. The Morgan fingerprint density at radius 2 is 1.78 bits per heavy atom. The summed E-state index contributed by atoms with van der Waals surface area (Å²) < 4.78 is 7.16. The van der Waals surface area contributed by atoms with Crippen LogP contribution in [0.25, 0.3) is 16.8 Å². The van der Waals surface area contributed by atoms with Gasteiger partial charge in [0.2, 0.25) is 0 Å². The number of para-hydroxylation sites is 1. The van der Waals surface area contributed by atoms with Gasteiger partial charge in [-0.1, -0.05) is 54.6 Å². The Morgan fingerprint density at radius 1 is 1.04 bits per heavy atom. The first-order valence-electron chi connectivity index (χ1n) is 8.66. The number of primary amides is 1. The lowest BCUT2D eigenvalue weighted by Crippen LogP contribution is -2.11. The Bertz CT molecular complexity index is 1120. The van der Waals surface area contributed by atoms with Gasteiger partial charge in [0.1, 0.15) is 11.4 Å². The van der Waals surface area contributed by atoms with Crippen LogP contribution in [-0.4, -0.2) is 22.6 Å². The van der Waals surface area contributed by atoms with Crippen LogP contribution in [0, 0.1) is 0 Å². The molecule has 0 aliphatic carbocycles. The number of hydrogen-bond acceptors (Lipinski definition) is 3. The van der Waals surface area contributed by atoms with E-state index >= 15 is 0 Å². The summed E-state index contributed by atoms with van der Waals surface area (Å²) in [6, 6.07) is 21.4. The number of benzene rings is 2. The summed E-state index contributed by atoms with van der Waals surface area (Å²) in [4.78, 5) is 12.1. The molecule has 2 aromatic heterocycles. The topological polar surface area (TPSA) is 69.6 Å². The third kappa shape index (κ3) is 3.15. The number of carbonyl (C=O) groups excluding carboxylic acids is 1. The Balaban J connectivity index is 1.80. The van der Waals surface area contributed by atoms with Crippen LogP contribution in [0.3, 0.4) is 0 Å². The molecule has 0 unspecified atom stereocenters. The van der Waals surface area contributed by atoms with Gasteiger partial charge < -0.3 is 10.5 Å². The Labute approximate surface area is 157 Å². The van der Waals surface area contributed by atoms with Gasteiger partial charge in [-0.05, 0) is 23.3 Å².